The molecule has 0 aromatic rings. The van der Waals surface area contributed by atoms with Crippen molar-refractivity contribution in [1.82, 2.24) is 5.32 Å². The Hall–Kier alpha value is -3.50. The molecule has 0 aliphatic rings. The first-order valence-corrected chi connectivity index (χ1v) is 9.07. The van der Waals surface area contributed by atoms with Crippen LogP contribution in [0.2, 0.25) is 0 Å². The van der Waals surface area contributed by atoms with Crippen LogP contribution in [0.15, 0.2) is 17.9 Å². The summed E-state index contributed by atoms with van der Waals surface area (Å²) in [4.78, 5) is 22.0. The summed E-state index contributed by atoms with van der Waals surface area (Å²) in [7, 11) is -4.32. The van der Waals surface area contributed by atoms with Gasteiger partial charge in [0.25, 0.3) is 0 Å². The van der Waals surface area contributed by atoms with Gasteiger partial charge in [-0.25, -0.2) is 0 Å². The van der Waals surface area contributed by atoms with E-state index in [1.807, 2.05) is 12.6 Å². The molecule has 142 valence electrons. The van der Waals surface area contributed by atoms with Crippen LogP contribution in [0.4, 0.5) is 0 Å². The number of carbonyl (C=O) groups is 1. The van der Waals surface area contributed by atoms with Gasteiger partial charge in [0.1, 0.15) is 0 Å². The van der Waals surface area contributed by atoms with Crippen molar-refractivity contribution in [3.63, 3.8) is 0 Å². The van der Waals surface area contributed by atoms with E-state index in [0.29, 0.717) is 0 Å². The molecule has 0 aliphatic carbocycles. The zero-order chi connectivity index (χ0) is 20.4. The van der Waals surface area contributed by atoms with Crippen molar-refractivity contribution in [1.29, 1.82) is 0 Å². The number of carbonyl (C=O) groups excluding carboxylic acids is 1. The number of hydrogen-bond donors (Lipinski definition) is 1. The lowest BCUT2D eigenvalue weighted by molar-refractivity contribution is -0.193. The SMILES string of the molecule is C.C=C=C(C#CC#CC#CC#CC#CC#CP(=O)([O-])OCCNC(C)=O)CC. The summed E-state index contributed by atoms with van der Waals surface area (Å²) in [6.45, 7) is 6.61. The zero-order valence-corrected chi connectivity index (χ0v) is 15.8. The fraction of sp³-hybridized carbons (Fsp3) is 0.273. The molecule has 28 heavy (non-hydrogen) atoms. The van der Waals surface area contributed by atoms with Crippen molar-refractivity contribution in [2.24, 2.45) is 0 Å². The van der Waals surface area contributed by atoms with Gasteiger partial charge in [-0.1, -0.05) is 20.9 Å². The molecule has 1 amide bonds. The van der Waals surface area contributed by atoms with Gasteiger partial charge in [-0.15, -0.1) is 5.73 Å². The van der Waals surface area contributed by atoms with Crippen molar-refractivity contribution in [3.05, 3.63) is 17.9 Å². The third-order valence-corrected chi connectivity index (χ3v) is 3.18. The van der Waals surface area contributed by atoms with Crippen molar-refractivity contribution < 1.29 is 18.8 Å². The lowest BCUT2D eigenvalue weighted by atomic mass is 10.2. The Morgan fingerprint density at radius 3 is 2.00 bits per heavy atom. The van der Waals surface area contributed by atoms with E-state index in [1.54, 1.807) is 0 Å². The van der Waals surface area contributed by atoms with Gasteiger partial charge in [-0.05, 0) is 77.2 Å². The molecule has 0 rings (SSSR count). The largest absolute Gasteiger partial charge is 0.769 e. The lowest BCUT2D eigenvalue weighted by Gasteiger charge is -2.16. The van der Waals surface area contributed by atoms with Crippen molar-refractivity contribution in [2.45, 2.75) is 27.7 Å². The van der Waals surface area contributed by atoms with Crippen LogP contribution in [0.5, 0.6) is 0 Å². The molecule has 6 heteroatoms. The first-order valence-electron chi connectivity index (χ1n) is 7.53. The molecule has 0 bridgehead atoms. The number of allylic oxidation sites excluding steroid dienone is 1. The number of amides is 1. The van der Waals surface area contributed by atoms with E-state index < -0.39 is 7.60 Å². The Labute approximate surface area is 167 Å². The quantitative estimate of drug-likeness (QED) is 0.332. The molecule has 1 atom stereocenters. The highest BCUT2D eigenvalue weighted by Gasteiger charge is 2.02. The minimum Gasteiger partial charge on any atom is -0.769 e. The predicted octanol–water partition coefficient (Wildman–Crippen LogP) is 1.43. The molecular formula is C22H19NO4P-. The van der Waals surface area contributed by atoms with Crippen LogP contribution in [-0.4, -0.2) is 19.1 Å². The summed E-state index contributed by atoms with van der Waals surface area (Å²) in [6, 6.07) is 0. The molecule has 0 aromatic heterocycles. The summed E-state index contributed by atoms with van der Waals surface area (Å²) in [6.07, 6.45) is 0.738. The Balaban J connectivity index is 0. The fourth-order valence-corrected chi connectivity index (χ4v) is 1.72. The van der Waals surface area contributed by atoms with Crippen molar-refractivity contribution in [2.75, 3.05) is 13.2 Å². The Morgan fingerprint density at radius 2 is 1.54 bits per heavy atom. The van der Waals surface area contributed by atoms with E-state index in [2.05, 4.69) is 87.3 Å². The standard InChI is InChI=1S/C21H16NO4P.CH4/c1-4-21(5-2)16-14-12-10-8-6-7-9-11-13-15-19-27(24,25)26-18-17-22-20(3)23;/h1,5,17-18H2,2-3H3,(H,22,23)(H,24,25);1H4/p-1. The fourth-order valence-electron chi connectivity index (χ4n) is 1.14. The van der Waals surface area contributed by atoms with Gasteiger partial charge in [0.2, 0.25) is 13.5 Å². The second-order valence-electron chi connectivity index (χ2n) is 4.31. The number of nitrogens with one attached hydrogen (secondary N) is 1. The average molecular weight is 392 g/mol. The van der Waals surface area contributed by atoms with E-state index in [-0.39, 0.29) is 26.5 Å². The first-order chi connectivity index (χ1) is 12.9. The van der Waals surface area contributed by atoms with E-state index in [4.69, 9.17) is 0 Å². The summed E-state index contributed by atoms with van der Waals surface area (Å²) in [5.74, 6) is 26.5. The summed E-state index contributed by atoms with van der Waals surface area (Å²) in [5.41, 5.74) is 5.35. The second kappa shape index (κ2) is 16.9. The molecular weight excluding hydrogens is 373 g/mol. The highest BCUT2D eigenvalue weighted by molar-refractivity contribution is 7.56. The van der Waals surface area contributed by atoms with Gasteiger partial charge in [-0.2, -0.15) is 0 Å². The molecule has 0 aromatic carbocycles. The topological polar surface area (TPSA) is 78.5 Å². The first kappa shape index (κ1) is 26.7. The van der Waals surface area contributed by atoms with Crippen molar-refractivity contribution >= 4 is 13.5 Å². The third kappa shape index (κ3) is 17.3. The summed E-state index contributed by atoms with van der Waals surface area (Å²) < 4.78 is 15.9. The Bertz CT molecular complexity index is 1030. The smallest absolute Gasteiger partial charge is 0.216 e. The average Bonchev–Trinajstić information content (AvgIpc) is 2.62. The van der Waals surface area contributed by atoms with Crippen molar-refractivity contribution in [3.8, 4) is 70.8 Å². The molecule has 0 fully saturated rings. The lowest BCUT2D eigenvalue weighted by Crippen LogP contribution is -2.24. The van der Waals surface area contributed by atoms with E-state index in [0.717, 1.165) is 12.0 Å². The summed E-state index contributed by atoms with van der Waals surface area (Å²) in [5, 5.41) is 2.39. The van der Waals surface area contributed by atoms with E-state index >= 15 is 0 Å². The van der Waals surface area contributed by atoms with Crippen LogP contribution >= 0.6 is 7.60 Å². The maximum Gasteiger partial charge on any atom is 0.216 e. The molecule has 0 aliphatic heterocycles. The van der Waals surface area contributed by atoms with Gasteiger partial charge in [0, 0.05) is 19.0 Å². The van der Waals surface area contributed by atoms with E-state index in [1.165, 1.54) is 6.92 Å². The van der Waals surface area contributed by atoms with E-state index in [9.17, 15) is 14.3 Å². The second-order valence-corrected chi connectivity index (χ2v) is 5.79. The van der Waals surface area contributed by atoms with Crippen LogP contribution in [0.1, 0.15) is 27.7 Å². The highest BCUT2D eigenvalue weighted by atomic mass is 31.2. The van der Waals surface area contributed by atoms with Crippen LogP contribution < -0.4 is 10.2 Å². The number of hydrogen-bond acceptors (Lipinski definition) is 4. The molecule has 0 spiro atoms. The van der Waals surface area contributed by atoms with Crippen LogP contribution in [-0.2, 0) is 13.9 Å². The van der Waals surface area contributed by atoms with Gasteiger partial charge >= 0.3 is 0 Å². The summed E-state index contributed by atoms with van der Waals surface area (Å²) >= 11 is 0. The molecule has 0 saturated heterocycles. The maximum absolute atomic E-state index is 11.4. The van der Waals surface area contributed by atoms with Crippen LogP contribution in [0.3, 0.4) is 0 Å². The molecule has 1 unspecified atom stereocenters. The molecule has 0 radical (unpaired) electrons. The third-order valence-electron chi connectivity index (χ3n) is 2.27. The zero-order valence-electron chi connectivity index (χ0n) is 14.9. The van der Waals surface area contributed by atoms with Crippen LogP contribution in [0, 0.1) is 70.8 Å². The molecule has 0 heterocycles. The Morgan fingerprint density at radius 1 is 1.04 bits per heavy atom. The van der Waals surface area contributed by atoms with Gasteiger partial charge < -0.3 is 14.7 Å². The molecule has 5 nitrogen and oxygen atoms in total. The minimum absolute atomic E-state index is 0. The molecule has 0 saturated carbocycles. The predicted molar refractivity (Wildman–Crippen MR) is 109 cm³/mol. The Kier molecular flexibility index (Phi) is 16.2. The maximum atomic E-state index is 11.4. The normalized spacial score (nSPS) is 9.11. The minimum atomic E-state index is -4.32. The highest BCUT2D eigenvalue weighted by Crippen LogP contribution is 2.34. The van der Waals surface area contributed by atoms with Gasteiger partial charge in [0.05, 0.1) is 6.61 Å². The molecule has 1 N–H and O–H groups in total. The van der Waals surface area contributed by atoms with Crippen LogP contribution in [0.25, 0.3) is 0 Å². The monoisotopic (exact) mass is 392 g/mol. The van der Waals surface area contributed by atoms with Gasteiger partial charge in [0.15, 0.2) is 0 Å². The van der Waals surface area contributed by atoms with Gasteiger partial charge in [-0.3, -0.25) is 9.36 Å². The number of rotatable bonds is 5.